The molecule has 118 valence electrons. The second-order valence-corrected chi connectivity index (χ2v) is 5.40. The summed E-state index contributed by atoms with van der Waals surface area (Å²) >= 11 is 0. The lowest BCUT2D eigenvalue weighted by molar-refractivity contribution is -0.535. The molecule has 0 aliphatic rings. The van der Waals surface area contributed by atoms with Crippen molar-refractivity contribution in [1.29, 1.82) is 0 Å². The molecule has 0 saturated carbocycles. The Morgan fingerprint density at radius 2 is 1.96 bits per heavy atom. The molecule has 0 spiro atoms. The van der Waals surface area contributed by atoms with Crippen molar-refractivity contribution >= 4 is 17.0 Å². The van der Waals surface area contributed by atoms with Crippen LogP contribution in [-0.4, -0.2) is 20.3 Å². The maximum atomic E-state index is 12.3. The van der Waals surface area contributed by atoms with E-state index in [0.29, 0.717) is 23.5 Å². The highest BCUT2D eigenvalue weighted by Gasteiger charge is 2.13. The predicted octanol–water partition coefficient (Wildman–Crippen LogP) is 2.48. The van der Waals surface area contributed by atoms with Gasteiger partial charge < -0.3 is 5.32 Å². The summed E-state index contributed by atoms with van der Waals surface area (Å²) in [5, 5.41) is 12.5. The molecule has 0 atom stereocenters. The Hall–Kier alpha value is -3.48. The first-order chi connectivity index (χ1) is 11.8. The van der Waals surface area contributed by atoms with Gasteiger partial charge >= 0.3 is 5.52 Å². The van der Waals surface area contributed by atoms with E-state index in [2.05, 4.69) is 25.6 Å². The zero-order valence-electron chi connectivity index (χ0n) is 12.7. The molecule has 0 radical (unpaired) electrons. The van der Waals surface area contributed by atoms with Gasteiger partial charge in [0, 0.05) is 24.4 Å². The zero-order valence-corrected chi connectivity index (χ0v) is 12.7. The van der Waals surface area contributed by atoms with Crippen LogP contribution in [0.3, 0.4) is 0 Å². The Balaban J connectivity index is 1.65. The summed E-state index contributed by atoms with van der Waals surface area (Å²) in [4.78, 5) is 16.8. The van der Waals surface area contributed by atoms with Crippen molar-refractivity contribution in [3.05, 3.63) is 71.4 Å². The van der Waals surface area contributed by atoms with E-state index in [9.17, 15) is 4.91 Å². The maximum absolute atomic E-state index is 12.3. The van der Waals surface area contributed by atoms with Gasteiger partial charge in [-0.05, 0) is 17.2 Å². The lowest BCUT2D eigenvalue weighted by atomic mass is 10.1. The summed E-state index contributed by atoms with van der Waals surface area (Å²) < 4.78 is 0.721. The zero-order chi connectivity index (χ0) is 16.4. The van der Waals surface area contributed by atoms with E-state index in [4.69, 9.17) is 0 Å². The van der Waals surface area contributed by atoms with Gasteiger partial charge in [-0.25, -0.2) is 4.98 Å². The number of hydrogen-bond donors (Lipinski definition) is 3. The standard InChI is InChI=1S/C17H15N6O/c24-23-16-8-13(14-10-19-20-11-14)6-7-15(16)21-17(22-23)18-9-12-4-2-1-3-5-12/h1-8,10-11H,9H2,(H,19,20)(H2,18,21,22,24)/q+1. The van der Waals surface area contributed by atoms with Crippen LogP contribution in [0.1, 0.15) is 5.56 Å². The largest absolute Gasteiger partial charge is 0.348 e. The van der Waals surface area contributed by atoms with Crippen molar-refractivity contribution in [2.24, 2.45) is 0 Å². The number of aromatic nitrogens is 5. The molecule has 7 nitrogen and oxygen atoms in total. The fraction of sp³-hybridized carbons (Fsp3) is 0.0588. The molecule has 0 bridgehead atoms. The van der Waals surface area contributed by atoms with Crippen molar-refractivity contribution in [3.8, 4) is 11.1 Å². The first-order valence-corrected chi connectivity index (χ1v) is 7.53. The van der Waals surface area contributed by atoms with E-state index in [-0.39, 0.29) is 0 Å². The highest BCUT2D eigenvalue weighted by Crippen LogP contribution is 2.20. The topological polar surface area (TPSA) is 92.4 Å². The van der Waals surface area contributed by atoms with Gasteiger partial charge in [-0.1, -0.05) is 41.5 Å². The molecular formula is C17H15N6O+. The number of nitrogens with one attached hydrogen (secondary N) is 3. The molecule has 4 rings (SSSR count). The van der Waals surface area contributed by atoms with Crippen molar-refractivity contribution in [3.63, 3.8) is 0 Å². The molecule has 4 aromatic rings. The van der Waals surface area contributed by atoms with Crippen LogP contribution >= 0.6 is 0 Å². The van der Waals surface area contributed by atoms with E-state index >= 15 is 0 Å². The van der Waals surface area contributed by atoms with Crippen LogP contribution in [0.5, 0.6) is 0 Å². The SMILES string of the molecule is O=[n+]1[nH]c(NCc2ccccc2)nc2ccc(-c3cn[nH]c3)cc21. The van der Waals surface area contributed by atoms with Gasteiger partial charge in [0.05, 0.1) is 11.1 Å². The second kappa shape index (κ2) is 5.96. The average Bonchev–Trinajstić information content (AvgIpc) is 3.15. The second-order valence-electron chi connectivity index (χ2n) is 5.40. The van der Waals surface area contributed by atoms with Crippen LogP contribution in [0.25, 0.3) is 22.2 Å². The van der Waals surface area contributed by atoms with E-state index in [0.717, 1.165) is 21.2 Å². The Labute approximate surface area is 137 Å². The molecule has 0 aliphatic heterocycles. The summed E-state index contributed by atoms with van der Waals surface area (Å²) in [6.07, 6.45) is 3.49. The van der Waals surface area contributed by atoms with Gasteiger partial charge in [-0.3, -0.25) is 5.10 Å². The van der Waals surface area contributed by atoms with Crippen molar-refractivity contribution in [2.75, 3.05) is 5.32 Å². The average molecular weight is 319 g/mol. The smallest absolute Gasteiger partial charge is 0.318 e. The highest BCUT2D eigenvalue weighted by molar-refractivity contribution is 5.79. The van der Waals surface area contributed by atoms with E-state index in [1.807, 2.05) is 42.5 Å². The van der Waals surface area contributed by atoms with E-state index in [1.165, 1.54) is 0 Å². The molecule has 2 aromatic heterocycles. The summed E-state index contributed by atoms with van der Waals surface area (Å²) in [6, 6.07) is 15.5. The number of benzene rings is 2. The summed E-state index contributed by atoms with van der Waals surface area (Å²) in [6.45, 7) is 0.586. The first kappa shape index (κ1) is 14.1. The van der Waals surface area contributed by atoms with Gasteiger partial charge in [0.2, 0.25) is 0 Å². The number of anilines is 1. The van der Waals surface area contributed by atoms with Gasteiger partial charge in [0.1, 0.15) is 5.52 Å². The number of nitrogens with zero attached hydrogens (tertiary/aromatic N) is 3. The van der Waals surface area contributed by atoms with Crippen molar-refractivity contribution in [2.45, 2.75) is 6.54 Å². The minimum absolute atomic E-state index is 0.428. The van der Waals surface area contributed by atoms with Crippen molar-refractivity contribution in [1.82, 2.24) is 20.3 Å². The lowest BCUT2D eigenvalue weighted by Crippen LogP contribution is -2.23. The molecule has 24 heavy (non-hydrogen) atoms. The fourth-order valence-electron chi connectivity index (χ4n) is 2.53. The summed E-state index contributed by atoms with van der Waals surface area (Å²) in [5.74, 6) is 0.428. The minimum Gasteiger partial charge on any atom is -0.348 e. The van der Waals surface area contributed by atoms with Gasteiger partial charge in [-0.2, -0.15) is 5.10 Å². The monoisotopic (exact) mass is 319 g/mol. The third-order valence-corrected chi connectivity index (χ3v) is 3.77. The predicted molar refractivity (Wildman–Crippen MR) is 90.8 cm³/mol. The molecule has 0 fully saturated rings. The molecule has 0 unspecified atom stereocenters. The van der Waals surface area contributed by atoms with Crippen LogP contribution in [-0.2, 0) is 6.54 Å². The molecule has 7 heteroatoms. The number of rotatable bonds is 4. The molecule has 3 N–H and O–H groups in total. The third-order valence-electron chi connectivity index (χ3n) is 3.77. The van der Waals surface area contributed by atoms with Crippen LogP contribution < -0.4 is 9.86 Å². The first-order valence-electron chi connectivity index (χ1n) is 7.53. The Morgan fingerprint density at radius 3 is 2.75 bits per heavy atom. The normalized spacial score (nSPS) is 10.8. The Bertz CT molecular complexity index is 1020. The molecular weight excluding hydrogens is 304 g/mol. The van der Waals surface area contributed by atoms with Crippen LogP contribution in [0.15, 0.2) is 60.9 Å². The number of fused-ring (bicyclic) bond motifs is 1. The quantitative estimate of drug-likeness (QED) is 0.504. The number of aromatic amines is 2. The van der Waals surface area contributed by atoms with Gasteiger partial charge in [0.15, 0.2) is 4.54 Å². The molecule has 2 aromatic carbocycles. The number of H-pyrrole nitrogens is 2. The highest BCUT2D eigenvalue weighted by atomic mass is 16.3. The summed E-state index contributed by atoms with van der Waals surface area (Å²) in [7, 11) is 0. The van der Waals surface area contributed by atoms with Gasteiger partial charge in [0.25, 0.3) is 5.95 Å². The van der Waals surface area contributed by atoms with Crippen molar-refractivity contribution < 1.29 is 4.54 Å². The number of hydrogen-bond acceptors (Lipinski definition) is 4. The summed E-state index contributed by atoms with van der Waals surface area (Å²) in [5.41, 5.74) is 4.02. The van der Waals surface area contributed by atoms with E-state index in [1.54, 1.807) is 18.5 Å². The van der Waals surface area contributed by atoms with Gasteiger partial charge in [-0.15, -0.1) is 0 Å². The Morgan fingerprint density at radius 1 is 1.08 bits per heavy atom. The molecule has 2 heterocycles. The van der Waals surface area contributed by atoms with Crippen LogP contribution in [0.4, 0.5) is 5.95 Å². The maximum Gasteiger partial charge on any atom is 0.318 e. The Kier molecular flexibility index (Phi) is 3.51. The fourth-order valence-corrected chi connectivity index (χ4v) is 2.53. The van der Waals surface area contributed by atoms with Crippen LogP contribution in [0, 0.1) is 4.91 Å². The lowest BCUT2D eigenvalue weighted by Gasteiger charge is -2.03. The van der Waals surface area contributed by atoms with E-state index < -0.39 is 0 Å². The third kappa shape index (κ3) is 2.74. The molecule has 0 saturated heterocycles. The minimum atomic E-state index is 0.428. The molecule has 0 amide bonds. The van der Waals surface area contributed by atoms with Crippen LogP contribution in [0.2, 0.25) is 0 Å². The molecule has 0 aliphatic carbocycles.